The number of carbonyl (C=O) groups excluding carboxylic acids is 1. The molecule has 1 N–H and O–H groups in total. The van der Waals surface area contributed by atoms with Crippen LogP contribution in [-0.2, 0) is 4.79 Å². The van der Waals surface area contributed by atoms with Crippen LogP contribution in [0.1, 0.15) is 131 Å². The normalized spacial score (nSPS) is 24.0. The molecule has 1 aliphatic heterocycles. The highest BCUT2D eigenvalue weighted by Gasteiger charge is 2.39. The summed E-state index contributed by atoms with van der Waals surface area (Å²) in [6.45, 7) is 16.9. The number of nitrogens with one attached hydrogen (secondary N) is 1. The summed E-state index contributed by atoms with van der Waals surface area (Å²) >= 11 is 0. The van der Waals surface area contributed by atoms with Gasteiger partial charge in [-0.1, -0.05) is 69.9 Å². The zero-order chi connectivity index (χ0) is 32.7. The summed E-state index contributed by atoms with van der Waals surface area (Å²) in [5.74, 6) is 2.30. The molecule has 3 aliphatic rings. The zero-order valence-corrected chi connectivity index (χ0v) is 30.1. The van der Waals surface area contributed by atoms with Crippen molar-refractivity contribution in [3.63, 3.8) is 0 Å². The number of hydrogen-bond acceptors (Lipinski definition) is 2. The molecule has 3 rings (SSSR count). The van der Waals surface area contributed by atoms with E-state index < -0.39 is 0 Å². The molecule has 0 radical (unpaired) electrons. The minimum atomic E-state index is 0.130. The third-order valence-corrected chi connectivity index (χ3v) is 10.2. The topological polar surface area (TPSA) is 41.5 Å². The van der Waals surface area contributed by atoms with E-state index in [1.807, 2.05) is 0 Å². The van der Waals surface area contributed by atoms with Crippen molar-refractivity contribution in [2.75, 3.05) is 33.2 Å². The first-order valence-corrected chi connectivity index (χ1v) is 18.2. The van der Waals surface area contributed by atoms with Crippen LogP contribution in [0, 0.1) is 11.8 Å². The van der Waals surface area contributed by atoms with Gasteiger partial charge in [0.15, 0.2) is 0 Å². The molecule has 0 aromatic heterocycles. The number of quaternary nitrogens is 1. The molecule has 0 aromatic rings. The summed E-state index contributed by atoms with van der Waals surface area (Å²) in [6, 6.07) is 0. The molecular weight excluding hydrogens is 550 g/mol. The summed E-state index contributed by atoms with van der Waals surface area (Å²) in [7, 11) is 2.34. The molecule has 4 heteroatoms. The van der Waals surface area contributed by atoms with Crippen LogP contribution in [0.4, 0.5) is 0 Å². The van der Waals surface area contributed by atoms with Crippen molar-refractivity contribution in [1.29, 1.82) is 0 Å². The van der Waals surface area contributed by atoms with Gasteiger partial charge in [0.25, 0.3) is 0 Å². The first kappa shape index (κ1) is 37.0. The fourth-order valence-electron chi connectivity index (χ4n) is 7.13. The quantitative estimate of drug-likeness (QED) is 0.128. The monoisotopic (exact) mass is 617 g/mol. The maximum atomic E-state index is 13.1. The minimum Gasteiger partial charge on any atom is -0.350 e. The van der Waals surface area contributed by atoms with Crippen LogP contribution in [0.5, 0.6) is 0 Å². The standard InChI is InChI=1S/C41H65N3O/c1-32(2)12-8-14-34(5)16-10-18-36-20-24-38(25-21-36)40-42-28-30-44(40,7)31-29-43-41(45)39-26-22-37(23-27-39)19-11-17-35(6)15-9-13-33(3)4/h12-13,16-17,20,22,38-39H,8-11,14-15,18-19,21,23-31H2,1-7H3/p+1. The lowest BCUT2D eigenvalue weighted by atomic mass is 9.86. The van der Waals surface area contributed by atoms with Gasteiger partial charge < -0.3 is 5.32 Å². The predicted octanol–water partition coefficient (Wildman–Crippen LogP) is 10.4. The van der Waals surface area contributed by atoms with Crippen LogP contribution in [0.15, 0.2) is 74.9 Å². The van der Waals surface area contributed by atoms with E-state index in [4.69, 9.17) is 4.99 Å². The fourth-order valence-corrected chi connectivity index (χ4v) is 7.13. The molecular formula is C41H66N3O+. The molecule has 0 saturated carbocycles. The minimum absolute atomic E-state index is 0.130. The molecule has 2 aliphatic carbocycles. The van der Waals surface area contributed by atoms with Gasteiger partial charge in [-0.15, -0.1) is 0 Å². The number of amides is 1. The SMILES string of the molecule is CC(C)=CCCC(C)=CCCC1=CCC(C(=O)NCC[N+]2(C)CCN=C2C2CC=C(CCC=C(C)CCC=C(C)C)CC2)CC1. The summed E-state index contributed by atoms with van der Waals surface area (Å²) in [5.41, 5.74) is 9.00. The summed E-state index contributed by atoms with van der Waals surface area (Å²) in [6.07, 6.45) is 30.1. The van der Waals surface area contributed by atoms with Crippen molar-refractivity contribution < 1.29 is 9.28 Å². The van der Waals surface area contributed by atoms with E-state index in [-0.39, 0.29) is 11.8 Å². The fraction of sp³-hybridized carbons (Fsp3) is 0.659. The highest BCUT2D eigenvalue weighted by Crippen LogP contribution is 2.32. The molecule has 3 atom stereocenters. The van der Waals surface area contributed by atoms with Gasteiger partial charge in [-0.05, 0) is 131 Å². The Morgan fingerprint density at radius 3 is 1.91 bits per heavy atom. The number of likely N-dealkylation sites (N-methyl/N-ethyl adjacent to an activating group) is 1. The molecule has 45 heavy (non-hydrogen) atoms. The van der Waals surface area contributed by atoms with Crippen LogP contribution < -0.4 is 5.32 Å². The van der Waals surface area contributed by atoms with E-state index in [0.717, 1.165) is 94.9 Å². The Bertz CT molecular complexity index is 1190. The smallest absolute Gasteiger partial charge is 0.223 e. The van der Waals surface area contributed by atoms with E-state index >= 15 is 0 Å². The highest BCUT2D eigenvalue weighted by atomic mass is 16.1. The van der Waals surface area contributed by atoms with Crippen molar-refractivity contribution in [2.45, 2.75) is 131 Å². The molecule has 0 aromatic carbocycles. The van der Waals surface area contributed by atoms with E-state index in [9.17, 15) is 4.79 Å². The Labute approximate surface area is 277 Å². The van der Waals surface area contributed by atoms with Crippen LogP contribution in [0.2, 0.25) is 0 Å². The Morgan fingerprint density at radius 2 is 1.40 bits per heavy atom. The van der Waals surface area contributed by atoms with Gasteiger partial charge in [0.2, 0.25) is 11.7 Å². The first-order chi connectivity index (χ1) is 21.6. The van der Waals surface area contributed by atoms with Gasteiger partial charge in [0.05, 0.1) is 26.1 Å². The van der Waals surface area contributed by atoms with Gasteiger partial charge in [0, 0.05) is 5.92 Å². The van der Waals surface area contributed by atoms with Gasteiger partial charge in [-0.25, -0.2) is 4.99 Å². The van der Waals surface area contributed by atoms with Gasteiger partial charge in [0.1, 0.15) is 13.1 Å². The van der Waals surface area contributed by atoms with E-state index in [2.05, 4.69) is 90.4 Å². The summed E-state index contributed by atoms with van der Waals surface area (Å²) < 4.78 is 0.901. The first-order valence-electron chi connectivity index (χ1n) is 18.2. The number of allylic oxidation sites excluding steroid dienone is 12. The maximum Gasteiger partial charge on any atom is 0.223 e. The number of aliphatic imine (C=N–C) groups is 1. The Morgan fingerprint density at radius 1 is 0.822 bits per heavy atom. The van der Waals surface area contributed by atoms with Crippen LogP contribution in [0.3, 0.4) is 0 Å². The van der Waals surface area contributed by atoms with Crippen molar-refractivity contribution in [2.24, 2.45) is 16.8 Å². The largest absolute Gasteiger partial charge is 0.350 e. The zero-order valence-electron chi connectivity index (χ0n) is 30.1. The number of rotatable bonds is 17. The average molecular weight is 617 g/mol. The molecule has 1 amide bonds. The highest BCUT2D eigenvalue weighted by molar-refractivity contribution is 5.80. The molecule has 0 bridgehead atoms. The molecule has 0 saturated heterocycles. The third-order valence-electron chi connectivity index (χ3n) is 10.2. The van der Waals surface area contributed by atoms with E-state index in [1.54, 1.807) is 5.57 Å². The lowest BCUT2D eigenvalue weighted by Gasteiger charge is -2.35. The van der Waals surface area contributed by atoms with E-state index in [1.165, 1.54) is 59.4 Å². The van der Waals surface area contributed by atoms with Crippen LogP contribution in [0.25, 0.3) is 0 Å². The predicted molar refractivity (Wildman–Crippen MR) is 195 cm³/mol. The lowest BCUT2D eigenvalue weighted by Crippen LogP contribution is -2.53. The second-order valence-electron chi connectivity index (χ2n) is 14.9. The van der Waals surface area contributed by atoms with Gasteiger partial charge >= 0.3 is 0 Å². The second kappa shape index (κ2) is 19.3. The molecule has 0 fully saturated rings. The molecule has 3 unspecified atom stereocenters. The Kier molecular flexibility index (Phi) is 15.8. The third kappa shape index (κ3) is 13.4. The van der Waals surface area contributed by atoms with Crippen LogP contribution in [-0.4, -0.2) is 49.5 Å². The Hall–Kier alpha value is -2.46. The Balaban J connectivity index is 1.36. The van der Waals surface area contributed by atoms with Crippen molar-refractivity contribution in [3.8, 4) is 0 Å². The lowest BCUT2D eigenvalue weighted by molar-refractivity contribution is -0.815. The molecule has 250 valence electrons. The molecule has 0 spiro atoms. The van der Waals surface area contributed by atoms with Crippen molar-refractivity contribution in [3.05, 3.63) is 69.9 Å². The molecule has 1 heterocycles. The average Bonchev–Trinajstić information content (AvgIpc) is 3.38. The summed E-state index contributed by atoms with van der Waals surface area (Å²) in [4.78, 5) is 18.1. The summed E-state index contributed by atoms with van der Waals surface area (Å²) in [5, 5.41) is 3.31. The number of amidine groups is 1. The second-order valence-corrected chi connectivity index (χ2v) is 14.9. The number of carbonyl (C=O) groups is 1. The molecule has 4 nitrogen and oxygen atoms in total. The van der Waals surface area contributed by atoms with Gasteiger partial charge in [-0.2, -0.15) is 0 Å². The maximum absolute atomic E-state index is 13.1. The van der Waals surface area contributed by atoms with E-state index in [0.29, 0.717) is 5.92 Å². The van der Waals surface area contributed by atoms with Crippen LogP contribution >= 0.6 is 0 Å². The van der Waals surface area contributed by atoms with Crippen molar-refractivity contribution in [1.82, 2.24) is 5.32 Å². The number of hydrogen-bond donors (Lipinski definition) is 1. The number of nitrogens with zero attached hydrogens (tertiary/aromatic N) is 2. The van der Waals surface area contributed by atoms with Gasteiger partial charge in [-0.3, -0.25) is 9.28 Å². The van der Waals surface area contributed by atoms with Crippen molar-refractivity contribution >= 4 is 11.7 Å².